The van der Waals surface area contributed by atoms with Crippen molar-refractivity contribution in [1.29, 1.82) is 0 Å². The Kier molecular flexibility index (Phi) is 8.24. The van der Waals surface area contributed by atoms with E-state index in [1.54, 1.807) is 16.7 Å². The average Bonchev–Trinajstić information content (AvgIpc) is 3.10. The zero-order valence-corrected chi connectivity index (χ0v) is 20.2. The number of nitrogens with one attached hydrogen (secondary N) is 2. The number of halogens is 2. The van der Waals surface area contributed by atoms with E-state index in [2.05, 4.69) is 27.8 Å². The van der Waals surface area contributed by atoms with Gasteiger partial charge in [-0.3, -0.25) is 9.59 Å². The van der Waals surface area contributed by atoms with E-state index in [9.17, 15) is 9.59 Å². The Bertz CT molecular complexity index is 952. The molecule has 2 N–H and O–H groups in total. The second-order valence-electron chi connectivity index (χ2n) is 7.95. The molecule has 2 amide bonds. The van der Waals surface area contributed by atoms with E-state index >= 15 is 0 Å². The van der Waals surface area contributed by atoms with Gasteiger partial charge in [-0.2, -0.15) is 0 Å². The van der Waals surface area contributed by atoms with Crippen LogP contribution in [0.1, 0.15) is 61.8 Å². The van der Waals surface area contributed by atoms with E-state index in [-0.39, 0.29) is 29.7 Å². The van der Waals surface area contributed by atoms with Crippen LogP contribution in [0, 0.1) is 5.92 Å². The van der Waals surface area contributed by atoms with Crippen molar-refractivity contribution in [2.75, 3.05) is 5.75 Å². The molecule has 2 aromatic rings. The summed E-state index contributed by atoms with van der Waals surface area (Å²) in [7, 11) is 1.82. The topological polar surface area (TPSA) is 88.9 Å². The zero-order chi connectivity index (χ0) is 22.5. The Hall–Kier alpha value is -1.77. The largest absolute Gasteiger partial charge is 0.352 e. The highest BCUT2D eigenvalue weighted by atomic mass is 35.5. The molecule has 10 heteroatoms. The molecule has 1 heterocycles. The van der Waals surface area contributed by atoms with Crippen LogP contribution >= 0.6 is 35.0 Å². The van der Waals surface area contributed by atoms with Gasteiger partial charge in [-0.15, -0.1) is 10.2 Å². The number of nitrogens with zero attached hydrogens (tertiary/aromatic N) is 3. The van der Waals surface area contributed by atoms with Crippen LogP contribution in [0.3, 0.4) is 0 Å². The highest BCUT2D eigenvalue weighted by molar-refractivity contribution is 7.99. The van der Waals surface area contributed by atoms with Gasteiger partial charge in [0.1, 0.15) is 0 Å². The number of aromatic nitrogens is 3. The monoisotopic (exact) mass is 483 g/mol. The van der Waals surface area contributed by atoms with Crippen molar-refractivity contribution in [3.63, 3.8) is 0 Å². The summed E-state index contributed by atoms with van der Waals surface area (Å²) in [4.78, 5) is 24.9. The molecule has 0 aliphatic heterocycles. The van der Waals surface area contributed by atoms with Gasteiger partial charge in [0.2, 0.25) is 5.91 Å². The summed E-state index contributed by atoms with van der Waals surface area (Å²) in [6.45, 7) is 4.02. The lowest BCUT2D eigenvalue weighted by atomic mass is 9.86. The average molecular weight is 484 g/mol. The van der Waals surface area contributed by atoms with E-state index < -0.39 is 0 Å². The van der Waals surface area contributed by atoms with Crippen LogP contribution in [0.4, 0.5) is 0 Å². The van der Waals surface area contributed by atoms with E-state index in [4.69, 9.17) is 23.2 Å². The first kappa shape index (κ1) is 23.9. The Balaban J connectivity index is 1.55. The fourth-order valence-corrected chi connectivity index (χ4v) is 4.75. The van der Waals surface area contributed by atoms with E-state index in [0.29, 0.717) is 32.5 Å². The minimum atomic E-state index is -0.384. The first-order valence-electron chi connectivity index (χ1n) is 10.3. The molecule has 1 aliphatic carbocycles. The summed E-state index contributed by atoms with van der Waals surface area (Å²) in [5, 5.41) is 15.7. The van der Waals surface area contributed by atoms with Crippen molar-refractivity contribution < 1.29 is 9.59 Å². The second-order valence-corrected chi connectivity index (χ2v) is 9.71. The summed E-state index contributed by atoms with van der Waals surface area (Å²) in [6, 6.07) is 4.59. The molecule has 31 heavy (non-hydrogen) atoms. The molecule has 3 atom stereocenters. The van der Waals surface area contributed by atoms with E-state index in [1.165, 1.54) is 30.7 Å². The zero-order valence-electron chi connectivity index (χ0n) is 17.8. The van der Waals surface area contributed by atoms with Gasteiger partial charge in [0.05, 0.1) is 21.8 Å². The van der Waals surface area contributed by atoms with Gasteiger partial charge in [0, 0.05) is 18.7 Å². The number of rotatable bonds is 7. The predicted molar refractivity (Wildman–Crippen MR) is 124 cm³/mol. The van der Waals surface area contributed by atoms with E-state index in [0.717, 1.165) is 12.8 Å². The standard InChI is InChI=1S/C21H27Cl2N5O2S/c1-12-6-4-5-7-17(12)25-18(29)11-31-21-27-26-19(28(21)3)13(2)24-20(30)14-8-9-15(22)16(23)10-14/h8-10,12-13,17H,4-7,11H2,1-3H3,(H,24,30)(H,25,29)/t12-,13-,17+/m0/s1. The van der Waals surface area contributed by atoms with Gasteiger partial charge in [-0.1, -0.05) is 54.7 Å². The number of amides is 2. The third-order valence-electron chi connectivity index (χ3n) is 5.58. The summed E-state index contributed by atoms with van der Waals surface area (Å²) in [5.41, 5.74) is 0.409. The molecule has 0 radical (unpaired) electrons. The normalized spacial score (nSPS) is 19.6. The summed E-state index contributed by atoms with van der Waals surface area (Å²) >= 11 is 13.2. The van der Waals surface area contributed by atoms with Crippen LogP contribution in [0.15, 0.2) is 23.4 Å². The maximum absolute atomic E-state index is 12.5. The third kappa shape index (κ3) is 6.14. The Morgan fingerprint density at radius 3 is 2.68 bits per heavy atom. The van der Waals surface area contributed by atoms with Crippen molar-refractivity contribution in [3.8, 4) is 0 Å². The third-order valence-corrected chi connectivity index (χ3v) is 7.33. The molecule has 1 aliphatic rings. The minimum absolute atomic E-state index is 0.00858. The van der Waals surface area contributed by atoms with Crippen molar-refractivity contribution in [1.82, 2.24) is 25.4 Å². The maximum Gasteiger partial charge on any atom is 0.251 e. The second kappa shape index (κ2) is 10.7. The first-order chi connectivity index (χ1) is 14.8. The van der Waals surface area contributed by atoms with Crippen LogP contribution < -0.4 is 10.6 Å². The molecular weight excluding hydrogens is 457 g/mol. The van der Waals surface area contributed by atoms with Crippen molar-refractivity contribution in [2.45, 2.75) is 56.8 Å². The van der Waals surface area contributed by atoms with Crippen molar-refractivity contribution in [3.05, 3.63) is 39.6 Å². The number of carbonyl (C=O) groups excluding carboxylic acids is 2. The van der Waals surface area contributed by atoms with Gasteiger partial charge in [-0.05, 0) is 43.9 Å². The highest BCUT2D eigenvalue weighted by Crippen LogP contribution is 2.25. The highest BCUT2D eigenvalue weighted by Gasteiger charge is 2.23. The van der Waals surface area contributed by atoms with Gasteiger partial charge in [-0.25, -0.2) is 0 Å². The molecule has 1 saturated carbocycles. The lowest BCUT2D eigenvalue weighted by molar-refractivity contribution is -0.119. The van der Waals surface area contributed by atoms with E-state index in [1.807, 2.05) is 14.0 Å². The number of hydrogen-bond donors (Lipinski definition) is 2. The number of carbonyl (C=O) groups is 2. The summed E-state index contributed by atoms with van der Waals surface area (Å²) in [6.07, 6.45) is 4.61. The Morgan fingerprint density at radius 2 is 1.97 bits per heavy atom. The van der Waals surface area contributed by atoms with Crippen LogP contribution in [-0.2, 0) is 11.8 Å². The quantitative estimate of drug-likeness (QED) is 0.569. The smallest absolute Gasteiger partial charge is 0.251 e. The molecule has 1 fully saturated rings. The fraction of sp³-hybridized carbons (Fsp3) is 0.524. The van der Waals surface area contributed by atoms with Crippen molar-refractivity contribution >= 4 is 46.8 Å². The van der Waals surface area contributed by atoms with Crippen LogP contribution in [0.25, 0.3) is 0 Å². The van der Waals surface area contributed by atoms with Crippen LogP contribution in [-0.4, -0.2) is 38.4 Å². The first-order valence-corrected chi connectivity index (χ1v) is 12.1. The van der Waals surface area contributed by atoms with Crippen molar-refractivity contribution in [2.24, 2.45) is 13.0 Å². The minimum Gasteiger partial charge on any atom is -0.352 e. The molecule has 0 saturated heterocycles. The molecule has 0 bridgehead atoms. The molecule has 168 valence electrons. The number of thioether (sulfide) groups is 1. The molecular formula is C21H27Cl2N5O2S. The fourth-order valence-electron chi connectivity index (χ4n) is 3.72. The number of hydrogen-bond acceptors (Lipinski definition) is 5. The van der Waals surface area contributed by atoms with Gasteiger partial charge in [0.15, 0.2) is 11.0 Å². The lowest BCUT2D eigenvalue weighted by Gasteiger charge is -2.29. The number of benzene rings is 1. The van der Waals surface area contributed by atoms with Gasteiger partial charge in [0.25, 0.3) is 5.91 Å². The van der Waals surface area contributed by atoms with Crippen LogP contribution in [0.5, 0.6) is 0 Å². The van der Waals surface area contributed by atoms with Crippen LogP contribution in [0.2, 0.25) is 10.0 Å². The van der Waals surface area contributed by atoms with Gasteiger partial charge >= 0.3 is 0 Å². The summed E-state index contributed by atoms with van der Waals surface area (Å²) in [5.74, 6) is 1.11. The lowest BCUT2D eigenvalue weighted by Crippen LogP contribution is -2.41. The molecule has 0 unspecified atom stereocenters. The molecule has 1 aromatic carbocycles. The Morgan fingerprint density at radius 1 is 1.23 bits per heavy atom. The van der Waals surface area contributed by atoms with Gasteiger partial charge < -0.3 is 15.2 Å². The summed E-state index contributed by atoms with van der Waals surface area (Å²) < 4.78 is 1.79. The molecule has 0 spiro atoms. The molecule has 3 rings (SSSR count). The predicted octanol–water partition coefficient (Wildman–Crippen LogP) is 4.40. The SMILES string of the molecule is C[C@H](NC(=O)c1ccc(Cl)c(Cl)c1)c1nnc(SCC(=O)N[C@@H]2CCCC[C@@H]2C)n1C. The molecule has 1 aromatic heterocycles. The molecule has 7 nitrogen and oxygen atoms in total. The Labute approximate surface area is 196 Å². The maximum atomic E-state index is 12.5.